The fourth-order valence-electron chi connectivity index (χ4n) is 1.61. The molecule has 7 heteroatoms. The van der Waals surface area contributed by atoms with Crippen molar-refractivity contribution in [1.29, 1.82) is 0 Å². The summed E-state index contributed by atoms with van der Waals surface area (Å²) in [5.74, 6) is -1.95. The molecule has 0 unspecified atom stereocenters. The van der Waals surface area contributed by atoms with Crippen molar-refractivity contribution in [2.75, 3.05) is 10.5 Å². The zero-order valence-electron chi connectivity index (χ0n) is 10.5. The molecular weight excluding hydrogens is 286 g/mol. The molecule has 20 heavy (non-hydrogen) atoms. The van der Waals surface area contributed by atoms with Crippen LogP contribution in [-0.4, -0.2) is 8.42 Å². The Balaban J connectivity index is 2.41. The molecular formula is C13H12F2N2O2S. The molecule has 0 saturated carbocycles. The third kappa shape index (κ3) is 2.88. The Morgan fingerprint density at radius 3 is 2.25 bits per heavy atom. The van der Waals surface area contributed by atoms with Crippen LogP contribution in [-0.2, 0) is 10.0 Å². The van der Waals surface area contributed by atoms with Crippen LogP contribution >= 0.6 is 0 Å². The third-order valence-corrected chi connectivity index (χ3v) is 4.02. The highest BCUT2D eigenvalue weighted by Gasteiger charge is 2.18. The molecule has 0 bridgehead atoms. The summed E-state index contributed by atoms with van der Waals surface area (Å²) >= 11 is 0. The van der Waals surface area contributed by atoms with Crippen LogP contribution in [0.15, 0.2) is 41.3 Å². The van der Waals surface area contributed by atoms with Gasteiger partial charge in [-0.3, -0.25) is 4.72 Å². The number of nitrogen functional groups attached to an aromatic ring is 1. The second-order valence-corrected chi connectivity index (χ2v) is 5.95. The van der Waals surface area contributed by atoms with Crippen LogP contribution in [0.5, 0.6) is 0 Å². The van der Waals surface area contributed by atoms with Gasteiger partial charge in [-0.15, -0.1) is 0 Å². The Kier molecular flexibility index (Phi) is 3.63. The van der Waals surface area contributed by atoms with Crippen molar-refractivity contribution in [2.24, 2.45) is 0 Å². The van der Waals surface area contributed by atoms with E-state index in [4.69, 9.17) is 5.73 Å². The predicted octanol–water partition coefficient (Wildman–Crippen LogP) is 2.66. The summed E-state index contributed by atoms with van der Waals surface area (Å²) in [4.78, 5) is -0.0359. The van der Waals surface area contributed by atoms with E-state index in [1.54, 1.807) is 12.1 Å². The van der Waals surface area contributed by atoms with Crippen LogP contribution in [0.1, 0.15) is 5.56 Å². The van der Waals surface area contributed by atoms with Gasteiger partial charge in [-0.2, -0.15) is 0 Å². The van der Waals surface area contributed by atoms with Crippen LogP contribution in [0.25, 0.3) is 0 Å². The number of halogens is 2. The van der Waals surface area contributed by atoms with E-state index >= 15 is 0 Å². The lowest BCUT2D eigenvalue weighted by Crippen LogP contribution is -2.15. The molecule has 0 aromatic heterocycles. The van der Waals surface area contributed by atoms with E-state index in [-0.39, 0.29) is 10.6 Å². The minimum atomic E-state index is -3.98. The topological polar surface area (TPSA) is 72.2 Å². The molecule has 106 valence electrons. The number of nitrogens with one attached hydrogen (secondary N) is 1. The Bertz CT molecular complexity index is 720. The third-order valence-electron chi connectivity index (χ3n) is 2.65. The summed E-state index contributed by atoms with van der Waals surface area (Å²) in [6.07, 6.45) is 0. The van der Waals surface area contributed by atoms with Crippen molar-refractivity contribution in [1.82, 2.24) is 0 Å². The van der Waals surface area contributed by atoms with E-state index in [1.165, 1.54) is 12.1 Å². The van der Waals surface area contributed by atoms with Crippen molar-refractivity contribution in [3.63, 3.8) is 0 Å². The Labute approximate surface area is 115 Å². The average molecular weight is 298 g/mol. The number of hydrogen-bond donors (Lipinski definition) is 2. The fraction of sp³-hybridized carbons (Fsp3) is 0.0769. The monoisotopic (exact) mass is 298 g/mol. The van der Waals surface area contributed by atoms with E-state index in [2.05, 4.69) is 0 Å². The van der Waals surface area contributed by atoms with E-state index in [1.807, 2.05) is 11.6 Å². The minimum absolute atomic E-state index is 0.0359. The van der Waals surface area contributed by atoms with Gasteiger partial charge in [-0.05, 0) is 25.1 Å². The zero-order valence-corrected chi connectivity index (χ0v) is 11.3. The number of nitrogens with two attached hydrogens (primary N) is 1. The molecule has 2 aromatic carbocycles. The summed E-state index contributed by atoms with van der Waals surface area (Å²) in [5.41, 5.74) is 5.52. The summed E-state index contributed by atoms with van der Waals surface area (Å²) in [5, 5.41) is 0. The van der Waals surface area contributed by atoms with Crippen LogP contribution in [0.4, 0.5) is 20.2 Å². The molecule has 0 saturated heterocycles. The van der Waals surface area contributed by atoms with Gasteiger partial charge in [-0.25, -0.2) is 17.2 Å². The average Bonchev–Trinajstić information content (AvgIpc) is 2.34. The number of hydrogen-bond acceptors (Lipinski definition) is 3. The molecule has 0 atom stereocenters. The lowest BCUT2D eigenvalue weighted by Gasteiger charge is -2.11. The zero-order chi connectivity index (χ0) is 14.9. The molecule has 0 radical (unpaired) electrons. The first-order chi connectivity index (χ1) is 9.29. The van der Waals surface area contributed by atoms with Gasteiger partial charge in [0.2, 0.25) is 0 Å². The smallest absolute Gasteiger partial charge is 0.262 e. The molecule has 2 aromatic rings. The number of anilines is 2. The first-order valence-corrected chi connectivity index (χ1v) is 7.12. The van der Waals surface area contributed by atoms with Crippen LogP contribution in [0.2, 0.25) is 0 Å². The summed E-state index contributed by atoms with van der Waals surface area (Å²) in [7, 11) is -3.98. The van der Waals surface area contributed by atoms with E-state index in [9.17, 15) is 17.2 Å². The Morgan fingerprint density at radius 2 is 1.70 bits per heavy atom. The summed E-state index contributed by atoms with van der Waals surface area (Å²) in [6, 6.07) is 7.39. The normalized spacial score (nSPS) is 11.3. The van der Waals surface area contributed by atoms with Gasteiger partial charge < -0.3 is 5.73 Å². The van der Waals surface area contributed by atoms with E-state index in [0.29, 0.717) is 6.07 Å². The van der Waals surface area contributed by atoms with Crippen LogP contribution in [0.3, 0.4) is 0 Å². The first kappa shape index (κ1) is 14.3. The molecule has 0 aliphatic carbocycles. The highest BCUT2D eigenvalue weighted by Crippen LogP contribution is 2.26. The molecule has 0 aliphatic heterocycles. The van der Waals surface area contributed by atoms with Gasteiger partial charge in [0.05, 0.1) is 10.6 Å². The maximum Gasteiger partial charge on any atom is 0.262 e. The highest BCUT2D eigenvalue weighted by molar-refractivity contribution is 7.92. The fourth-order valence-corrected chi connectivity index (χ4v) is 2.71. The molecule has 0 fully saturated rings. The molecule has 0 heterocycles. The lowest BCUT2D eigenvalue weighted by molar-refractivity contribution is 0.583. The van der Waals surface area contributed by atoms with Gasteiger partial charge in [0, 0.05) is 6.07 Å². The molecule has 2 rings (SSSR count). The number of benzene rings is 2. The van der Waals surface area contributed by atoms with Gasteiger partial charge >= 0.3 is 0 Å². The largest absolute Gasteiger partial charge is 0.397 e. The number of aryl methyl sites for hydroxylation is 1. The van der Waals surface area contributed by atoms with Crippen molar-refractivity contribution in [3.8, 4) is 0 Å². The van der Waals surface area contributed by atoms with Gasteiger partial charge in [0.25, 0.3) is 10.0 Å². The maximum atomic E-state index is 13.6. The molecule has 0 spiro atoms. The van der Waals surface area contributed by atoms with Gasteiger partial charge in [0.15, 0.2) is 5.82 Å². The first-order valence-electron chi connectivity index (χ1n) is 5.63. The highest BCUT2D eigenvalue weighted by atomic mass is 32.2. The number of rotatable bonds is 3. The van der Waals surface area contributed by atoms with Crippen LogP contribution < -0.4 is 10.5 Å². The standard InChI is InChI=1S/C13H12F2N2O2S/c1-8-2-4-10(5-3-8)20(18,19)17-13-11(15)6-9(14)7-12(13)16/h2-7,17H,16H2,1H3. The van der Waals surface area contributed by atoms with Gasteiger partial charge in [0.1, 0.15) is 11.5 Å². The van der Waals surface area contributed by atoms with Crippen molar-refractivity contribution >= 4 is 21.4 Å². The molecule has 0 amide bonds. The maximum absolute atomic E-state index is 13.6. The van der Waals surface area contributed by atoms with E-state index < -0.39 is 27.3 Å². The van der Waals surface area contributed by atoms with Crippen molar-refractivity contribution in [3.05, 3.63) is 53.6 Å². The lowest BCUT2D eigenvalue weighted by atomic mass is 10.2. The van der Waals surface area contributed by atoms with Crippen LogP contribution in [0, 0.1) is 18.6 Å². The van der Waals surface area contributed by atoms with Crippen molar-refractivity contribution in [2.45, 2.75) is 11.8 Å². The summed E-state index contributed by atoms with van der Waals surface area (Å²) < 4.78 is 52.7. The van der Waals surface area contributed by atoms with Gasteiger partial charge in [-0.1, -0.05) is 17.7 Å². The summed E-state index contributed by atoms with van der Waals surface area (Å²) in [6.45, 7) is 1.81. The Hall–Kier alpha value is -2.15. The second kappa shape index (κ2) is 5.09. The Morgan fingerprint density at radius 1 is 1.10 bits per heavy atom. The second-order valence-electron chi connectivity index (χ2n) is 4.27. The minimum Gasteiger partial charge on any atom is -0.397 e. The van der Waals surface area contributed by atoms with Crippen molar-refractivity contribution < 1.29 is 17.2 Å². The van der Waals surface area contributed by atoms with E-state index in [0.717, 1.165) is 11.6 Å². The predicted molar refractivity (Wildman–Crippen MR) is 72.8 cm³/mol. The SMILES string of the molecule is Cc1ccc(S(=O)(=O)Nc2c(N)cc(F)cc2F)cc1. The molecule has 4 nitrogen and oxygen atoms in total. The molecule has 3 N–H and O–H groups in total. The molecule has 0 aliphatic rings. The quantitative estimate of drug-likeness (QED) is 0.856. The number of sulfonamides is 1.